The zero-order chi connectivity index (χ0) is 15.9. The zero-order valence-corrected chi connectivity index (χ0v) is 15.4. The van der Waals surface area contributed by atoms with Gasteiger partial charge in [0.15, 0.2) is 11.5 Å². The molecule has 0 aliphatic carbocycles. The predicted molar refractivity (Wildman–Crippen MR) is 93.8 cm³/mol. The summed E-state index contributed by atoms with van der Waals surface area (Å²) in [6, 6.07) is 3.93. The Kier molecular flexibility index (Phi) is 6.89. The molecule has 0 spiro atoms. The quantitative estimate of drug-likeness (QED) is 0.775. The van der Waals surface area contributed by atoms with E-state index in [1.807, 2.05) is 12.1 Å². The summed E-state index contributed by atoms with van der Waals surface area (Å²) in [5.41, 5.74) is 1.12. The van der Waals surface area contributed by atoms with Crippen molar-refractivity contribution in [2.75, 3.05) is 25.5 Å². The second-order valence-corrected chi connectivity index (χ2v) is 7.45. The third-order valence-electron chi connectivity index (χ3n) is 3.25. The molecule has 0 saturated carbocycles. The molecule has 0 atom stereocenters. The lowest BCUT2D eigenvalue weighted by molar-refractivity contribution is -0.118. The van der Waals surface area contributed by atoms with Gasteiger partial charge in [-0.2, -0.15) is 0 Å². The summed E-state index contributed by atoms with van der Waals surface area (Å²) in [5.74, 6) is 3.50. The van der Waals surface area contributed by atoms with Crippen LogP contribution in [0.3, 0.4) is 0 Å². The van der Waals surface area contributed by atoms with Crippen LogP contribution in [0.5, 0.6) is 11.5 Å². The smallest absolute Gasteiger partial charge is 0.230 e. The minimum atomic E-state index is 0.0966. The monoisotopic (exact) mass is 387 g/mol. The van der Waals surface area contributed by atoms with Crippen LogP contribution in [-0.2, 0) is 10.5 Å². The fourth-order valence-corrected chi connectivity index (χ4v) is 3.52. The lowest BCUT2D eigenvalue weighted by Gasteiger charge is -2.19. The number of thioether (sulfide) groups is 1. The first-order chi connectivity index (χ1) is 10.6. The van der Waals surface area contributed by atoms with Gasteiger partial charge in [0, 0.05) is 16.8 Å². The molecule has 1 aliphatic heterocycles. The number of benzene rings is 1. The van der Waals surface area contributed by atoms with Crippen molar-refractivity contribution in [1.29, 1.82) is 0 Å². The van der Waals surface area contributed by atoms with Gasteiger partial charge < -0.3 is 14.8 Å². The minimum absolute atomic E-state index is 0.0966. The largest absolute Gasteiger partial charge is 0.486 e. The molecule has 1 aliphatic rings. The van der Waals surface area contributed by atoms with Crippen molar-refractivity contribution in [3.05, 3.63) is 22.2 Å². The Hall–Kier alpha value is -0.880. The Balaban J connectivity index is 1.78. The van der Waals surface area contributed by atoms with Crippen molar-refractivity contribution in [3.63, 3.8) is 0 Å². The number of fused-ring (bicyclic) bond motifs is 1. The SMILES string of the molecule is CC(C)CCNC(=O)CSCc1cc2c(cc1Br)OCCO2. The highest BCUT2D eigenvalue weighted by atomic mass is 79.9. The van der Waals surface area contributed by atoms with Crippen molar-refractivity contribution in [3.8, 4) is 11.5 Å². The summed E-state index contributed by atoms with van der Waals surface area (Å²) in [4.78, 5) is 11.7. The number of hydrogen-bond acceptors (Lipinski definition) is 4. The lowest BCUT2D eigenvalue weighted by atomic mass is 10.1. The molecule has 1 heterocycles. The summed E-state index contributed by atoms with van der Waals surface area (Å²) in [7, 11) is 0. The standard InChI is InChI=1S/C16H22BrNO3S/c1-11(2)3-4-18-16(19)10-22-9-12-7-14-15(8-13(12)17)21-6-5-20-14/h7-8,11H,3-6,9-10H2,1-2H3,(H,18,19). The summed E-state index contributed by atoms with van der Waals surface area (Å²) in [5, 5.41) is 2.95. The Bertz CT molecular complexity index is 522. The highest BCUT2D eigenvalue weighted by Crippen LogP contribution is 2.36. The van der Waals surface area contributed by atoms with Crippen molar-refractivity contribution in [2.24, 2.45) is 5.92 Å². The molecule has 1 amide bonds. The van der Waals surface area contributed by atoms with Gasteiger partial charge in [-0.3, -0.25) is 4.79 Å². The van der Waals surface area contributed by atoms with E-state index in [1.165, 1.54) is 0 Å². The van der Waals surface area contributed by atoms with E-state index in [1.54, 1.807) is 11.8 Å². The third-order valence-corrected chi connectivity index (χ3v) is 4.97. The fraction of sp³-hybridized carbons (Fsp3) is 0.562. The number of carbonyl (C=O) groups excluding carboxylic acids is 1. The topological polar surface area (TPSA) is 47.6 Å². The molecular formula is C16H22BrNO3S. The Morgan fingerprint density at radius 2 is 2.00 bits per heavy atom. The van der Waals surface area contributed by atoms with E-state index in [0.29, 0.717) is 24.9 Å². The third kappa shape index (κ3) is 5.39. The Morgan fingerprint density at radius 3 is 2.68 bits per heavy atom. The van der Waals surface area contributed by atoms with Crippen LogP contribution in [0.25, 0.3) is 0 Å². The maximum absolute atomic E-state index is 11.7. The van der Waals surface area contributed by atoms with Crippen LogP contribution in [0.1, 0.15) is 25.8 Å². The average Bonchev–Trinajstić information content (AvgIpc) is 2.47. The van der Waals surface area contributed by atoms with Gasteiger partial charge in [-0.1, -0.05) is 29.8 Å². The molecule has 6 heteroatoms. The number of amides is 1. The van der Waals surface area contributed by atoms with Crippen LogP contribution in [-0.4, -0.2) is 31.4 Å². The number of rotatable bonds is 7. The molecular weight excluding hydrogens is 366 g/mol. The maximum Gasteiger partial charge on any atom is 0.230 e. The van der Waals surface area contributed by atoms with Crippen LogP contribution in [0, 0.1) is 5.92 Å². The van der Waals surface area contributed by atoms with Crippen LogP contribution >= 0.6 is 27.7 Å². The summed E-state index contributed by atoms with van der Waals surface area (Å²) in [6.45, 7) is 6.23. The van der Waals surface area contributed by atoms with Gasteiger partial charge in [0.2, 0.25) is 5.91 Å². The molecule has 122 valence electrons. The van der Waals surface area contributed by atoms with E-state index in [4.69, 9.17) is 9.47 Å². The van der Waals surface area contributed by atoms with Gasteiger partial charge in [0.25, 0.3) is 0 Å². The summed E-state index contributed by atoms with van der Waals surface area (Å²) in [6.07, 6.45) is 1.02. The second kappa shape index (κ2) is 8.67. The molecule has 0 unspecified atom stereocenters. The van der Waals surface area contributed by atoms with Gasteiger partial charge in [0.05, 0.1) is 5.75 Å². The second-order valence-electron chi connectivity index (χ2n) is 5.61. The van der Waals surface area contributed by atoms with Gasteiger partial charge in [-0.15, -0.1) is 11.8 Å². The molecule has 0 radical (unpaired) electrons. The first kappa shape index (κ1) is 17.5. The van der Waals surface area contributed by atoms with Gasteiger partial charge in [0.1, 0.15) is 13.2 Å². The van der Waals surface area contributed by atoms with Crippen molar-refractivity contribution < 1.29 is 14.3 Å². The van der Waals surface area contributed by atoms with Crippen molar-refractivity contribution in [2.45, 2.75) is 26.0 Å². The first-order valence-corrected chi connectivity index (χ1v) is 9.43. The van der Waals surface area contributed by atoms with Crippen LogP contribution < -0.4 is 14.8 Å². The van der Waals surface area contributed by atoms with Gasteiger partial charge >= 0.3 is 0 Å². The van der Waals surface area contributed by atoms with E-state index in [9.17, 15) is 4.79 Å². The number of nitrogens with one attached hydrogen (secondary N) is 1. The molecule has 0 bridgehead atoms. The van der Waals surface area contributed by atoms with Crippen LogP contribution in [0.2, 0.25) is 0 Å². The maximum atomic E-state index is 11.7. The van der Waals surface area contributed by atoms with Gasteiger partial charge in [-0.25, -0.2) is 0 Å². The highest BCUT2D eigenvalue weighted by molar-refractivity contribution is 9.10. The Morgan fingerprint density at radius 1 is 1.32 bits per heavy atom. The Labute approximate surface area is 144 Å². The van der Waals surface area contributed by atoms with Crippen molar-refractivity contribution in [1.82, 2.24) is 5.32 Å². The molecule has 4 nitrogen and oxygen atoms in total. The molecule has 1 N–H and O–H groups in total. The summed E-state index contributed by atoms with van der Waals surface area (Å²) >= 11 is 5.15. The molecule has 0 aromatic heterocycles. The van der Waals surface area contributed by atoms with Gasteiger partial charge in [-0.05, 0) is 30.0 Å². The number of hydrogen-bond donors (Lipinski definition) is 1. The number of carbonyl (C=O) groups is 1. The number of ether oxygens (including phenoxy) is 2. The number of halogens is 1. The van der Waals surface area contributed by atoms with Crippen LogP contribution in [0.4, 0.5) is 0 Å². The predicted octanol–water partition coefficient (Wildman–Crippen LogP) is 3.62. The van der Waals surface area contributed by atoms with E-state index in [-0.39, 0.29) is 5.91 Å². The molecule has 0 fully saturated rings. The zero-order valence-electron chi connectivity index (χ0n) is 13.0. The minimum Gasteiger partial charge on any atom is -0.486 e. The van der Waals surface area contributed by atoms with Crippen LogP contribution in [0.15, 0.2) is 16.6 Å². The molecule has 22 heavy (non-hydrogen) atoms. The molecule has 0 saturated heterocycles. The van der Waals surface area contributed by atoms with E-state index in [2.05, 4.69) is 35.1 Å². The molecule has 2 rings (SSSR count). The normalized spacial score (nSPS) is 13.3. The molecule has 1 aromatic carbocycles. The summed E-state index contributed by atoms with van der Waals surface area (Å²) < 4.78 is 12.1. The van der Waals surface area contributed by atoms with E-state index >= 15 is 0 Å². The van der Waals surface area contributed by atoms with E-state index in [0.717, 1.165) is 40.3 Å². The first-order valence-electron chi connectivity index (χ1n) is 7.48. The fourth-order valence-electron chi connectivity index (χ4n) is 2.02. The van der Waals surface area contributed by atoms with Crippen molar-refractivity contribution >= 4 is 33.6 Å². The van der Waals surface area contributed by atoms with E-state index < -0.39 is 0 Å². The molecule has 1 aromatic rings. The lowest BCUT2D eigenvalue weighted by Crippen LogP contribution is -2.26. The highest BCUT2D eigenvalue weighted by Gasteiger charge is 2.15. The average molecular weight is 388 g/mol.